The van der Waals surface area contributed by atoms with Crippen LogP contribution in [0.4, 0.5) is 0 Å². The molecule has 0 aliphatic carbocycles. The molecule has 0 atom stereocenters. The molecule has 0 aliphatic heterocycles. The molecule has 1 heterocycles. The predicted molar refractivity (Wildman–Crippen MR) is 79.9 cm³/mol. The van der Waals surface area contributed by atoms with Crippen molar-refractivity contribution in [1.29, 1.82) is 5.26 Å². The average molecular weight is 292 g/mol. The van der Waals surface area contributed by atoms with Crippen LogP contribution in [0.1, 0.15) is 15.9 Å². The van der Waals surface area contributed by atoms with Gasteiger partial charge in [0.15, 0.2) is 0 Å². The lowest BCUT2D eigenvalue weighted by Crippen LogP contribution is -2.42. The third kappa shape index (κ3) is 4.02. The molecule has 0 fully saturated rings. The number of hydrazine groups is 1. The van der Waals surface area contributed by atoms with E-state index < -0.39 is 11.8 Å². The molecule has 2 N–H and O–H groups in total. The van der Waals surface area contributed by atoms with E-state index in [4.69, 9.17) is 5.26 Å². The Balaban J connectivity index is 2.01. The molecule has 2 rings (SSSR count). The van der Waals surface area contributed by atoms with Gasteiger partial charge in [0.05, 0.1) is 5.56 Å². The van der Waals surface area contributed by atoms with Crippen LogP contribution >= 0.6 is 0 Å². The summed E-state index contributed by atoms with van der Waals surface area (Å²) in [6, 6.07) is 13.9. The van der Waals surface area contributed by atoms with E-state index >= 15 is 0 Å². The zero-order chi connectivity index (χ0) is 15.8. The van der Waals surface area contributed by atoms with Crippen molar-refractivity contribution in [3.63, 3.8) is 0 Å². The average Bonchev–Trinajstić information content (AvgIpc) is 2.59. The van der Waals surface area contributed by atoms with Crippen molar-refractivity contribution in [1.82, 2.24) is 15.8 Å². The lowest BCUT2D eigenvalue weighted by Gasteiger charge is -2.06. The number of aromatic nitrogens is 1. The molecule has 6 nitrogen and oxygen atoms in total. The van der Waals surface area contributed by atoms with E-state index in [-0.39, 0.29) is 5.57 Å². The maximum Gasteiger partial charge on any atom is 0.280 e. The van der Waals surface area contributed by atoms with Crippen LogP contribution in [0, 0.1) is 11.3 Å². The normalized spacial score (nSPS) is 10.4. The topological polar surface area (TPSA) is 94.9 Å². The maximum atomic E-state index is 11.9. The molecule has 6 heteroatoms. The summed E-state index contributed by atoms with van der Waals surface area (Å²) in [4.78, 5) is 27.4. The van der Waals surface area contributed by atoms with Crippen LogP contribution in [0.3, 0.4) is 0 Å². The summed E-state index contributed by atoms with van der Waals surface area (Å²) >= 11 is 0. The Morgan fingerprint density at radius 1 is 1.09 bits per heavy atom. The number of benzene rings is 1. The maximum absolute atomic E-state index is 11.9. The molecule has 0 unspecified atom stereocenters. The second-order valence-electron chi connectivity index (χ2n) is 4.23. The largest absolute Gasteiger partial charge is 0.280 e. The second-order valence-corrected chi connectivity index (χ2v) is 4.23. The van der Waals surface area contributed by atoms with Crippen LogP contribution in [0.25, 0.3) is 6.08 Å². The highest BCUT2D eigenvalue weighted by atomic mass is 16.2. The van der Waals surface area contributed by atoms with Gasteiger partial charge in [-0.15, -0.1) is 0 Å². The fourth-order valence-electron chi connectivity index (χ4n) is 1.61. The van der Waals surface area contributed by atoms with Crippen LogP contribution in [0.2, 0.25) is 0 Å². The zero-order valence-corrected chi connectivity index (χ0v) is 11.5. The fraction of sp³-hybridized carbons (Fsp3) is 0. The monoisotopic (exact) mass is 292 g/mol. The molecule has 1 aromatic carbocycles. The van der Waals surface area contributed by atoms with E-state index in [0.29, 0.717) is 11.1 Å². The molecule has 2 aromatic rings. The second kappa shape index (κ2) is 7.36. The molecular weight excluding hydrogens is 280 g/mol. The van der Waals surface area contributed by atoms with Gasteiger partial charge in [0, 0.05) is 12.4 Å². The fourth-order valence-corrected chi connectivity index (χ4v) is 1.61. The molecule has 0 saturated heterocycles. The van der Waals surface area contributed by atoms with E-state index in [0.717, 1.165) is 0 Å². The number of pyridine rings is 1. The first-order valence-electron chi connectivity index (χ1n) is 6.38. The van der Waals surface area contributed by atoms with Crippen molar-refractivity contribution in [2.45, 2.75) is 0 Å². The Morgan fingerprint density at radius 3 is 2.50 bits per heavy atom. The molecule has 0 spiro atoms. The number of rotatable bonds is 3. The number of hydrogen-bond acceptors (Lipinski definition) is 4. The molecule has 2 amide bonds. The van der Waals surface area contributed by atoms with Gasteiger partial charge in [-0.25, -0.2) is 0 Å². The highest BCUT2D eigenvalue weighted by molar-refractivity contribution is 6.03. The Kier molecular flexibility index (Phi) is 5.00. The Bertz CT molecular complexity index is 734. The third-order valence-electron chi connectivity index (χ3n) is 2.69. The summed E-state index contributed by atoms with van der Waals surface area (Å²) in [5, 5.41) is 9.04. The van der Waals surface area contributed by atoms with Gasteiger partial charge < -0.3 is 0 Å². The molecule has 0 radical (unpaired) electrons. The van der Waals surface area contributed by atoms with E-state index in [1.807, 2.05) is 6.07 Å². The smallest absolute Gasteiger partial charge is 0.267 e. The van der Waals surface area contributed by atoms with Crippen LogP contribution in [-0.4, -0.2) is 16.8 Å². The van der Waals surface area contributed by atoms with Gasteiger partial charge in [-0.05, 0) is 23.8 Å². The number of carbonyl (C=O) groups excluding carboxylic acids is 2. The van der Waals surface area contributed by atoms with Crippen LogP contribution in [0.15, 0.2) is 60.4 Å². The molecule has 0 aliphatic rings. The minimum Gasteiger partial charge on any atom is -0.267 e. The summed E-state index contributed by atoms with van der Waals surface area (Å²) in [7, 11) is 0. The summed E-state index contributed by atoms with van der Waals surface area (Å²) < 4.78 is 0. The molecule has 108 valence electrons. The molecule has 1 aromatic heterocycles. The Hall–Kier alpha value is -3.46. The molecule has 0 bridgehead atoms. The van der Waals surface area contributed by atoms with Crippen molar-refractivity contribution in [2.24, 2.45) is 0 Å². The standard InChI is InChI=1S/C16H12N4O2/c17-10-14(9-12-5-2-1-3-6-12)16(22)20-19-15(21)13-7-4-8-18-11-13/h1-9,11H,(H,19,21)(H,20,22)/b14-9+. The Morgan fingerprint density at radius 2 is 1.86 bits per heavy atom. The van der Waals surface area contributed by atoms with Gasteiger partial charge in [0.1, 0.15) is 11.6 Å². The minimum absolute atomic E-state index is 0.113. The highest BCUT2D eigenvalue weighted by Crippen LogP contribution is 2.05. The van der Waals surface area contributed by atoms with E-state index in [1.54, 1.807) is 42.5 Å². The van der Waals surface area contributed by atoms with Crippen molar-refractivity contribution in [3.05, 3.63) is 71.6 Å². The number of amides is 2. The lowest BCUT2D eigenvalue weighted by molar-refractivity contribution is -0.117. The van der Waals surface area contributed by atoms with Crippen molar-refractivity contribution in [3.8, 4) is 6.07 Å². The summed E-state index contributed by atoms with van der Waals surface area (Å²) in [6.07, 6.45) is 4.34. The van der Waals surface area contributed by atoms with E-state index in [9.17, 15) is 9.59 Å². The third-order valence-corrected chi connectivity index (χ3v) is 2.69. The van der Waals surface area contributed by atoms with E-state index in [2.05, 4.69) is 15.8 Å². The summed E-state index contributed by atoms with van der Waals surface area (Å²) in [6.45, 7) is 0. The van der Waals surface area contributed by atoms with Crippen LogP contribution in [-0.2, 0) is 4.79 Å². The first-order valence-corrected chi connectivity index (χ1v) is 6.38. The summed E-state index contributed by atoms with van der Waals surface area (Å²) in [5.41, 5.74) is 5.33. The van der Waals surface area contributed by atoms with Gasteiger partial charge >= 0.3 is 0 Å². The lowest BCUT2D eigenvalue weighted by atomic mass is 10.1. The number of hydrogen-bond donors (Lipinski definition) is 2. The SMILES string of the molecule is N#C/C(=C\c1ccccc1)C(=O)NNC(=O)c1cccnc1. The van der Waals surface area contributed by atoms with Crippen molar-refractivity contribution in [2.75, 3.05) is 0 Å². The quantitative estimate of drug-likeness (QED) is 0.508. The number of nitriles is 1. The highest BCUT2D eigenvalue weighted by Gasteiger charge is 2.11. The van der Waals surface area contributed by atoms with Gasteiger partial charge in [-0.2, -0.15) is 5.26 Å². The number of nitrogens with one attached hydrogen (secondary N) is 2. The van der Waals surface area contributed by atoms with Gasteiger partial charge in [0.2, 0.25) is 0 Å². The van der Waals surface area contributed by atoms with Crippen LogP contribution in [0.5, 0.6) is 0 Å². The summed E-state index contributed by atoms with van der Waals surface area (Å²) in [5.74, 6) is -1.21. The molecule has 0 saturated carbocycles. The Labute approximate surface area is 127 Å². The number of nitrogens with zero attached hydrogens (tertiary/aromatic N) is 2. The van der Waals surface area contributed by atoms with Crippen molar-refractivity contribution < 1.29 is 9.59 Å². The zero-order valence-electron chi connectivity index (χ0n) is 11.5. The first-order chi connectivity index (χ1) is 10.7. The number of carbonyl (C=O) groups is 2. The molecule has 22 heavy (non-hydrogen) atoms. The van der Waals surface area contributed by atoms with Gasteiger partial charge in [-0.1, -0.05) is 30.3 Å². The van der Waals surface area contributed by atoms with E-state index in [1.165, 1.54) is 18.5 Å². The predicted octanol–water partition coefficient (Wildman–Crippen LogP) is 1.45. The molecular formula is C16H12N4O2. The first kappa shape index (κ1) is 14.9. The van der Waals surface area contributed by atoms with Crippen LogP contribution < -0.4 is 10.9 Å². The van der Waals surface area contributed by atoms with Gasteiger partial charge in [-0.3, -0.25) is 25.4 Å². The van der Waals surface area contributed by atoms with Crippen molar-refractivity contribution >= 4 is 17.9 Å². The van der Waals surface area contributed by atoms with Gasteiger partial charge in [0.25, 0.3) is 11.8 Å². The minimum atomic E-state index is -0.691.